The Morgan fingerprint density at radius 3 is 3.09 bits per heavy atom. The summed E-state index contributed by atoms with van der Waals surface area (Å²) in [5, 5.41) is 0. The molecule has 0 radical (unpaired) electrons. The SMILES string of the molecule is Cn1cnc(C=CCCN)c1. The molecule has 1 rings (SSSR count). The molecule has 0 amide bonds. The molecule has 60 valence electrons. The van der Waals surface area contributed by atoms with Crippen LogP contribution in [0, 0.1) is 0 Å². The van der Waals surface area contributed by atoms with Gasteiger partial charge in [-0.3, -0.25) is 0 Å². The van der Waals surface area contributed by atoms with Crippen LogP contribution >= 0.6 is 0 Å². The van der Waals surface area contributed by atoms with Gasteiger partial charge < -0.3 is 10.3 Å². The van der Waals surface area contributed by atoms with Crippen molar-refractivity contribution < 1.29 is 0 Å². The van der Waals surface area contributed by atoms with Crippen molar-refractivity contribution in [2.45, 2.75) is 6.42 Å². The van der Waals surface area contributed by atoms with Gasteiger partial charge in [-0.2, -0.15) is 0 Å². The fourth-order valence-corrected chi connectivity index (χ4v) is 0.819. The molecule has 1 heterocycles. The first kappa shape index (κ1) is 8.01. The minimum absolute atomic E-state index is 0.698. The highest BCUT2D eigenvalue weighted by Gasteiger charge is 1.87. The van der Waals surface area contributed by atoms with Crippen LogP contribution in [0.5, 0.6) is 0 Å². The van der Waals surface area contributed by atoms with E-state index in [1.807, 2.05) is 30.0 Å². The largest absolute Gasteiger partial charge is 0.340 e. The van der Waals surface area contributed by atoms with E-state index in [9.17, 15) is 0 Å². The zero-order valence-corrected chi connectivity index (χ0v) is 6.70. The summed E-state index contributed by atoms with van der Waals surface area (Å²) in [6.07, 6.45) is 8.67. The highest BCUT2D eigenvalue weighted by atomic mass is 15.0. The maximum Gasteiger partial charge on any atom is 0.0950 e. The molecule has 0 saturated heterocycles. The zero-order chi connectivity index (χ0) is 8.10. The highest BCUT2D eigenvalue weighted by molar-refractivity contribution is 5.42. The molecule has 0 atom stereocenters. The van der Waals surface area contributed by atoms with E-state index < -0.39 is 0 Å². The average molecular weight is 151 g/mol. The lowest BCUT2D eigenvalue weighted by molar-refractivity contribution is 0.913. The molecule has 0 spiro atoms. The first-order chi connectivity index (χ1) is 5.33. The summed E-state index contributed by atoms with van der Waals surface area (Å²) in [4.78, 5) is 4.12. The van der Waals surface area contributed by atoms with Crippen LogP contribution in [-0.2, 0) is 7.05 Å². The average Bonchev–Trinajstić information content (AvgIpc) is 2.37. The van der Waals surface area contributed by atoms with Gasteiger partial charge in [0.05, 0.1) is 12.0 Å². The molecule has 11 heavy (non-hydrogen) atoms. The van der Waals surface area contributed by atoms with E-state index in [4.69, 9.17) is 5.73 Å². The maximum atomic E-state index is 5.32. The van der Waals surface area contributed by atoms with Crippen LogP contribution in [0.4, 0.5) is 0 Å². The minimum Gasteiger partial charge on any atom is -0.340 e. The van der Waals surface area contributed by atoms with Crippen molar-refractivity contribution in [2.75, 3.05) is 6.54 Å². The van der Waals surface area contributed by atoms with Gasteiger partial charge in [-0.05, 0) is 19.0 Å². The van der Waals surface area contributed by atoms with Crippen LogP contribution < -0.4 is 5.73 Å². The monoisotopic (exact) mass is 151 g/mol. The Bertz CT molecular complexity index is 237. The summed E-state index contributed by atoms with van der Waals surface area (Å²) in [7, 11) is 1.95. The molecular formula is C8H13N3. The van der Waals surface area contributed by atoms with Gasteiger partial charge in [0.15, 0.2) is 0 Å². The Morgan fingerprint density at radius 2 is 2.55 bits per heavy atom. The summed E-state index contributed by atoms with van der Waals surface area (Å²) in [5.41, 5.74) is 6.31. The van der Waals surface area contributed by atoms with Gasteiger partial charge in [0.25, 0.3) is 0 Å². The van der Waals surface area contributed by atoms with Crippen molar-refractivity contribution in [1.82, 2.24) is 9.55 Å². The predicted molar refractivity (Wildman–Crippen MR) is 45.9 cm³/mol. The van der Waals surface area contributed by atoms with Gasteiger partial charge >= 0.3 is 0 Å². The Labute approximate surface area is 66.5 Å². The van der Waals surface area contributed by atoms with Crippen LogP contribution in [0.1, 0.15) is 12.1 Å². The lowest BCUT2D eigenvalue weighted by Crippen LogP contribution is -1.94. The van der Waals surface area contributed by atoms with Crippen molar-refractivity contribution in [2.24, 2.45) is 12.8 Å². The van der Waals surface area contributed by atoms with Crippen LogP contribution in [0.25, 0.3) is 6.08 Å². The number of aromatic nitrogens is 2. The predicted octanol–water partition coefficient (Wildman–Crippen LogP) is 0.782. The van der Waals surface area contributed by atoms with Gasteiger partial charge in [0, 0.05) is 13.2 Å². The molecule has 0 fully saturated rings. The molecule has 0 unspecified atom stereocenters. The van der Waals surface area contributed by atoms with E-state index in [0.717, 1.165) is 12.1 Å². The van der Waals surface area contributed by atoms with Crippen molar-refractivity contribution >= 4 is 6.08 Å². The van der Waals surface area contributed by atoms with Crippen LogP contribution in [-0.4, -0.2) is 16.1 Å². The highest BCUT2D eigenvalue weighted by Crippen LogP contribution is 1.97. The lowest BCUT2D eigenvalue weighted by Gasteiger charge is -1.83. The van der Waals surface area contributed by atoms with Crippen molar-refractivity contribution in [3.63, 3.8) is 0 Å². The van der Waals surface area contributed by atoms with Crippen LogP contribution in [0.15, 0.2) is 18.6 Å². The van der Waals surface area contributed by atoms with Gasteiger partial charge in [-0.1, -0.05) is 6.08 Å². The van der Waals surface area contributed by atoms with Crippen LogP contribution in [0.2, 0.25) is 0 Å². The number of rotatable bonds is 3. The number of imidazole rings is 1. The smallest absolute Gasteiger partial charge is 0.0950 e. The molecule has 0 aromatic carbocycles. The van der Waals surface area contributed by atoms with Crippen LogP contribution in [0.3, 0.4) is 0 Å². The summed E-state index contributed by atoms with van der Waals surface area (Å²) in [6.45, 7) is 0.698. The van der Waals surface area contributed by atoms with E-state index in [1.165, 1.54) is 0 Å². The lowest BCUT2D eigenvalue weighted by atomic mass is 10.3. The summed E-state index contributed by atoms with van der Waals surface area (Å²) < 4.78 is 1.92. The summed E-state index contributed by atoms with van der Waals surface area (Å²) in [6, 6.07) is 0. The molecule has 0 aliphatic heterocycles. The third-order valence-corrected chi connectivity index (χ3v) is 1.35. The number of hydrogen-bond acceptors (Lipinski definition) is 2. The van der Waals surface area contributed by atoms with E-state index in [1.54, 1.807) is 6.33 Å². The first-order valence-corrected chi connectivity index (χ1v) is 3.67. The summed E-state index contributed by atoms with van der Waals surface area (Å²) in [5.74, 6) is 0. The van der Waals surface area contributed by atoms with Crippen molar-refractivity contribution in [1.29, 1.82) is 0 Å². The fourth-order valence-electron chi connectivity index (χ4n) is 0.819. The molecule has 1 aromatic rings. The molecule has 3 nitrogen and oxygen atoms in total. The number of aryl methyl sites for hydroxylation is 1. The molecule has 0 saturated carbocycles. The van der Waals surface area contributed by atoms with Crippen molar-refractivity contribution in [3.05, 3.63) is 24.3 Å². The molecule has 0 aliphatic rings. The Hall–Kier alpha value is -1.09. The molecule has 1 aromatic heterocycles. The molecule has 2 N–H and O–H groups in total. The molecule has 0 bridgehead atoms. The topological polar surface area (TPSA) is 43.8 Å². The van der Waals surface area contributed by atoms with E-state index in [2.05, 4.69) is 4.98 Å². The number of nitrogens with two attached hydrogens (primary N) is 1. The summed E-state index contributed by atoms with van der Waals surface area (Å²) >= 11 is 0. The first-order valence-electron chi connectivity index (χ1n) is 3.67. The molecular weight excluding hydrogens is 138 g/mol. The zero-order valence-electron chi connectivity index (χ0n) is 6.70. The third kappa shape index (κ3) is 2.55. The quantitative estimate of drug-likeness (QED) is 0.693. The van der Waals surface area contributed by atoms with Gasteiger partial charge in [-0.15, -0.1) is 0 Å². The fraction of sp³-hybridized carbons (Fsp3) is 0.375. The second-order valence-corrected chi connectivity index (χ2v) is 2.44. The van der Waals surface area contributed by atoms with Crippen molar-refractivity contribution in [3.8, 4) is 0 Å². The number of nitrogens with zero attached hydrogens (tertiary/aromatic N) is 2. The standard InChI is InChI=1S/C8H13N3/c1-11-6-8(10-7-11)4-2-3-5-9/h2,4,6-7H,3,5,9H2,1H3. The molecule has 3 heteroatoms. The normalized spacial score (nSPS) is 11.1. The van der Waals surface area contributed by atoms with E-state index >= 15 is 0 Å². The molecule has 0 aliphatic carbocycles. The van der Waals surface area contributed by atoms with E-state index in [0.29, 0.717) is 6.54 Å². The number of hydrogen-bond donors (Lipinski definition) is 1. The second-order valence-electron chi connectivity index (χ2n) is 2.44. The Morgan fingerprint density at radius 1 is 1.73 bits per heavy atom. The van der Waals surface area contributed by atoms with Gasteiger partial charge in [-0.25, -0.2) is 4.98 Å². The Balaban J connectivity index is 2.50. The minimum atomic E-state index is 0.698. The Kier molecular flexibility index (Phi) is 2.86. The van der Waals surface area contributed by atoms with E-state index in [-0.39, 0.29) is 0 Å². The van der Waals surface area contributed by atoms with Gasteiger partial charge in [0.1, 0.15) is 0 Å². The maximum absolute atomic E-state index is 5.32. The van der Waals surface area contributed by atoms with Gasteiger partial charge in [0.2, 0.25) is 0 Å². The third-order valence-electron chi connectivity index (χ3n) is 1.35. The second kappa shape index (κ2) is 3.93.